The molecule has 2 aromatic carbocycles. The molecule has 1 saturated heterocycles. The summed E-state index contributed by atoms with van der Waals surface area (Å²) in [5.41, 5.74) is 6.22. The van der Waals surface area contributed by atoms with Crippen LogP contribution in [0.5, 0.6) is 0 Å². The molecule has 1 atom stereocenters. The average molecular weight is 630 g/mol. The van der Waals surface area contributed by atoms with E-state index in [-0.39, 0.29) is 23.1 Å². The minimum atomic E-state index is -1.18. The van der Waals surface area contributed by atoms with Gasteiger partial charge in [0.05, 0.1) is 11.3 Å². The van der Waals surface area contributed by atoms with Crippen LogP contribution >= 0.6 is 0 Å². The molecule has 0 spiro atoms. The number of pyridine rings is 1. The minimum Gasteiger partial charge on any atom is -0.479 e. The number of carboxylic acids is 1. The van der Waals surface area contributed by atoms with Gasteiger partial charge < -0.3 is 19.6 Å². The Kier molecular flexibility index (Phi) is 9.60. The molecular weight excluding hydrogens is 581 g/mol. The second-order valence-electron chi connectivity index (χ2n) is 14.8. The highest BCUT2D eigenvalue weighted by atomic mass is 19.1. The lowest BCUT2D eigenvalue weighted by Gasteiger charge is -2.41. The van der Waals surface area contributed by atoms with Crippen molar-refractivity contribution in [2.75, 3.05) is 18.0 Å². The molecule has 246 valence electrons. The first-order valence-electron chi connectivity index (χ1n) is 16.4. The number of piperidine rings is 1. The van der Waals surface area contributed by atoms with Crippen molar-refractivity contribution in [1.29, 1.82) is 0 Å². The third kappa shape index (κ3) is 7.95. The minimum absolute atomic E-state index is 0.0639. The Hall–Kier alpha value is -3.78. The quantitative estimate of drug-likeness (QED) is 0.245. The summed E-state index contributed by atoms with van der Waals surface area (Å²) in [5, 5.41) is 10.5. The second kappa shape index (κ2) is 13.1. The summed E-state index contributed by atoms with van der Waals surface area (Å²) in [4.78, 5) is 35.1. The number of aryl methyl sites for hydroxylation is 2. The second-order valence-corrected chi connectivity index (χ2v) is 14.8. The average Bonchev–Trinajstić information content (AvgIpc) is 3.82. The van der Waals surface area contributed by atoms with Gasteiger partial charge in [0.15, 0.2) is 6.10 Å². The van der Waals surface area contributed by atoms with Crippen molar-refractivity contribution < 1.29 is 23.8 Å². The number of aliphatic carboxylic acids is 1. The largest absolute Gasteiger partial charge is 0.479 e. The summed E-state index contributed by atoms with van der Waals surface area (Å²) < 4.78 is 19.7. The molecule has 1 aliphatic carbocycles. The van der Waals surface area contributed by atoms with Gasteiger partial charge in [0.1, 0.15) is 5.82 Å². The van der Waals surface area contributed by atoms with Gasteiger partial charge in [0, 0.05) is 54.6 Å². The predicted octanol–water partition coefficient (Wildman–Crippen LogP) is 8.01. The summed E-state index contributed by atoms with van der Waals surface area (Å²) >= 11 is 0. The Morgan fingerprint density at radius 1 is 0.978 bits per heavy atom. The zero-order valence-corrected chi connectivity index (χ0v) is 28.3. The Labute approximate surface area is 272 Å². The molecule has 1 N–H and O–H groups in total. The molecule has 2 aliphatic rings. The van der Waals surface area contributed by atoms with Gasteiger partial charge in [-0.2, -0.15) is 0 Å². The number of benzene rings is 2. The van der Waals surface area contributed by atoms with E-state index in [0.29, 0.717) is 24.3 Å². The molecule has 46 heavy (non-hydrogen) atoms. The van der Waals surface area contributed by atoms with Crippen LogP contribution in [0.3, 0.4) is 0 Å². The molecule has 0 radical (unpaired) electrons. The first-order valence-corrected chi connectivity index (χ1v) is 16.4. The third-order valence-corrected chi connectivity index (χ3v) is 9.11. The highest BCUT2D eigenvalue weighted by molar-refractivity contribution is 5.88. The number of nitrogens with zero attached hydrogens (tertiary/aromatic N) is 3. The summed E-state index contributed by atoms with van der Waals surface area (Å²) in [7, 11) is 0. The van der Waals surface area contributed by atoms with Gasteiger partial charge in [-0.1, -0.05) is 50.2 Å². The van der Waals surface area contributed by atoms with Gasteiger partial charge in [0.2, 0.25) is 5.91 Å². The number of aromatic nitrogens is 1. The molecule has 5 rings (SSSR count). The van der Waals surface area contributed by atoms with E-state index in [1.165, 1.54) is 12.1 Å². The maximum absolute atomic E-state index is 13.5. The molecule has 2 fully saturated rings. The van der Waals surface area contributed by atoms with Gasteiger partial charge in [0.25, 0.3) is 0 Å². The number of hydrogen-bond donors (Lipinski definition) is 1. The molecule has 3 aromatic rings. The lowest BCUT2D eigenvalue weighted by atomic mass is 9.81. The van der Waals surface area contributed by atoms with Crippen LogP contribution in [0.15, 0.2) is 48.5 Å². The summed E-state index contributed by atoms with van der Waals surface area (Å²) in [6.07, 6.45) is 2.62. The number of ether oxygens (including phenoxy) is 1. The topological polar surface area (TPSA) is 83.0 Å². The molecule has 2 heterocycles. The molecule has 1 amide bonds. The van der Waals surface area contributed by atoms with E-state index in [9.17, 15) is 19.1 Å². The first kappa shape index (κ1) is 33.6. The number of anilines is 1. The Morgan fingerprint density at radius 3 is 2.02 bits per heavy atom. The first-order chi connectivity index (χ1) is 21.6. The van der Waals surface area contributed by atoms with E-state index in [1.807, 2.05) is 63.8 Å². The lowest BCUT2D eigenvalue weighted by Crippen LogP contribution is -2.39. The van der Waals surface area contributed by atoms with Crippen LogP contribution in [-0.4, -0.2) is 45.6 Å². The molecular formula is C38H48FN3O4. The smallest absolute Gasteiger partial charge is 0.337 e. The van der Waals surface area contributed by atoms with Crippen molar-refractivity contribution in [3.8, 4) is 11.1 Å². The Balaban J connectivity index is 1.53. The van der Waals surface area contributed by atoms with Crippen LogP contribution in [0.25, 0.3) is 11.1 Å². The van der Waals surface area contributed by atoms with E-state index in [0.717, 1.165) is 72.4 Å². The molecule has 1 unspecified atom stereocenters. The normalized spacial score (nSPS) is 17.1. The van der Waals surface area contributed by atoms with Crippen molar-refractivity contribution in [1.82, 2.24) is 9.88 Å². The van der Waals surface area contributed by atoms with Crippen LogP contribution in [0.2, 0.25) is 0 Å². The van der Waals surface area contributed by atoms with Gasteiger partial charge >= 0.3 is 5.97 Å². The van der Waals surface area contributed by atoms with Crippen molar-refractivity contribution in [3.63, 3.8) is 0 Å². The van der Waals surface area contributed by atoms with Crippen molar-refractivity contribution in [2.24, 2.45) is 11.3 Å². The molecule has 8 heteroatoms. The van der Waals surface area contributed by atoms with E-state index in [1.54, 1.807) is 12.1 Å². The van der Waals surface area contributed by atoms with Crippen molar-refractivity contribution in [2.45, 2.75) is 98.9 Å². The van der Waals surface area contributed by atoms with Gasteiger partial charge in [-0.15, -0.1) is 0 Å². The van der Waals surface area contributed by atoms with Gasteiger partial charge in [-0.3, -0.25) is 9.78 Å². The fraction of sp³-hybridized carbons (Fsp3) is 0.500. The fourth-order valence-electron chi connectivity index (χ4n) is 6.36. The number of carbonyl (C=O) groups excluding carboxylic acids is 1. The van der Waals surface area contributed by atoms with Crippen LogP contribution in [-0.2, 0) is 27.4 Å². The number of halogens is 1. The SMILES string of the molecule is Cc1nc(C)c(C(OC(C)(C)C)C(=O)O)c(N2CCC(C)(C)CC2)c1-c1ccc(CN(Cc2ccc(F)cc2)C(=O)C2CC2)cc1. The van der Waals surface area contributed by atoms with Crippen LogP contribution in [0.1, 0.15) is 94.5 Å². The zero-order chi connectivity index (χ0) is 33.4. The Morgan fingerprint density at radius 2 is 1.52 bits per heavy atom. The fourth-order valence-corrected chi connectivity index (χ4v) is 6.36. The molecule has 1 aromatic heterocycles. The highest BCUT2D eigenvalue weighted by Crippen LogP contribution is 2.45. The van der Waals surface area contributed by atoms with Crippen molar-refractivity contribution >= 4 is 17.6 Å². The highest BCUT2D eigenvalue weighted by Gasteiger charge is 2.37. The summed E-state index contributed by atoms with van der Waals surface area (Å²) in [6.45, 7) is 16.5. The monoisotopic (exact) mass is 629 g/mol. The van der Waals surface area contributed by atoms with Gasteiger partial charge in [-0.05, 0) is 94.5 Å². The van der Waals surface area contributed by atoms with E-state index in [2.05, 4.69) is 18.7 Å². The van der Waals surface area contributed by atoms with E-state index >= 15 is 0 Å². The van der Waals surface area contributed by atoms with E-state index < -0.39 is 17.7 Å². The predicted molar refractivity (Wildman–Crippen MR) is 179 cm³/mol. The number of hydrogen-bond acceptors (Lipinski definition) is 5. The number of carboxylic acid groups (broad SMARTS) is 1. The molecule has 0 bridgehead atoms. The van der Waals surface area contributed by atoms with Gasteiger partial charge in [-0.25, -0.2) is 9.18 Å². The summed E-state index contributed by atoms with van der Waals surface area (Å²) in [6, 6.07) is 14.5. The number of rotatable bonds is 10. The molecule has 1 aliphatic heterocycles. The summed E-state index contributed by atoms with van der Waals surface area (Å²) in [5.74, 6) is -1.14. The standard InChI is InChI=1S/C38H48FN3O4/c1-24-31(28-12-8-26(9-13-28)22-42(35(43)29-14-15-29)23-27-10-16-30(39)17-11-27)33(41-20-18-38(6,7)19-21-41)32(25(2)40-24)34(36(44)45)46-37(3,4)5/h8-13,16-17,29,34H,14-15,18-23H2,1-7H3,(H,44,45). The Bertz CT molecular complexity index is 1560. The lowest BCUT2D eigenvalue weighted by molar-refractivity contribution is -0.160. The maximum Gasteiger partial charge on any atom is 0.337 e. The zero-order valence-electron chi connectivity index (χ0n) is 28.3. The molecule has 7 nitrogen and oxygen atoms in total. The number of amides is 1. The maximum atomic E-state index is 13.5. The van der Waals surface area contributed by atoms with Crippen molar-refractivity contribution in [3.05, 3.63) is 82.4 Å². The van der Waals surface area contributed by atoms with Crippen LogP contribution in [0, 0.1) is 31.0 Å². The van der Waals surface area contributed by atoms with Crippen LogP contribution < -0.4 is 4.90 Å². The third-order valence-electron chi connectivity index (χ3n) is 9.11. The number of carbonyl (C=O) groups is 2. The van der Waals surface area contributed by atoms with Crippen LogP contribution in [0.4, 0.5) is 10.1 Å². The molecule has 1 saturated carbocycles. The van der Waals surface area contributed by atoms with E-state index in [4.69, 9.17) is 9.72 Å².